The molecule has 1 aromatic rings. The van der Waals surface area contributed by atoms with Gasteiger partial charge in [0, 0.05) is 26.2 Å². The van der Waals surface area contributed by atoms with Crippen LogP contribution >= 0.6 is 12.4 Å². The molecule has 1 atom stereocenters. The first-order valence-electron chi connectivity index (χ1n) is 8.41. The molecule has 1 N–H and O–H groups in total. The Kier molecular flexibility index (Phi) is 7.16. The zero-order valence-corrected chi connectivity index (χ0v) is 15.0. The molecule has 144 valence electrons. The zero-order chi connectivity index (χ0) is 17.8. The van der Waals surface area contributed by atoms with Crippen molar-refractivity contribution in [2.75, 3.05) is 32.7 Å². The van der Waals surface area contributed by atoms with Crippen LogP contribution in [0.2, 0.25) is 0 Å². The van der Waals surface area contributed by atoms with Crippen molar-refractivity contribution in [3.63, 3.8) is 0 Å². The molecule has 1 unspecified atom stereocenters. The van der Waals surface area contributed by atoms with E-state index in [4.69, 9.17) is 0 Å². The third kappa shape index (κ3) is 4.62. The summed E-state index contributed by atoms with van der Waals surface area (Å²) in [6, 6.07) is 5.85. The van der Waals surface area contributed by atoms with Gasteiger partial charge in [0.15, 0.2) is 0 Å². The number of nitrogens with one attached hydrogen (secondary N) is 1. The van der Waals surface area contributed by atoms with E-state index in [1.165, 1.54) is 12.1 Å². The van der Waals surface area contributed by atoms with Crippen LogP contribution in [0.5, 0.6) is 5.75 Å². The molecule has 9 heteroatoms. The number of alkyl halides is 2. The van der Waals surface area contributed by atoms with Gasteiger partial charge in [-0.05, 0) is 31.5 Å². The van der Waals surface area contributed by atoms with Gasteiger partial charge >= 0.3 is 6.61 Å². The first kappa shape index (κ1) is 20.4. The molecule has 0 bridgehead atoms. The molecule has 2 heterocycles. The highest BCUT2D eigenvalue weighted by Crippen LogP contribution is 2.22. The average molecular weight is 390 g/mol. The van der Waals surface area contributed by atoms with Gasteiger partial charge in [-0.25, -0.2) is 0 Å². The Morgan fingerprint density at radius 1 is 1.12 bits per heavy atom. The number of piperazine rings is 1. The quantitative estimate of drug-likeness (QED) is 0.852. The van der Waals surface area contributed by atoms with E-state index in [-0.39, 0.29) is 41.6 Å². The maximum atomic E-state index is 12.6. The Balaban J connectivity index is 0.00000243. The largest absolute Gasteiger partial charge is 0.434 e. The lowest BCUT2D eigenvalue weighted by molar-refractivity contribution is -0.134. The summed E-state index contributed by atoms with van der Waals surface area (Å²) in [6.45, 7) is -0.486. The third-order valence-electron chi connectivity index (χ3n) is 4.57. The van der Waals surface area contributed by atoms with Crippen LogP contribution in [-0.4, -0.2) is 67.0 Å². The Hall–Kier alpha value is -1.93. The molecular weight excluding hydrogens is 368 g/mol. The van der Waals surface area contributed by atoms with Crippen molar-refractivity contribution in [1.82, 2.24) is 15.1 Å². The van der Waals surface area contributed by atoms with E-state index < -0.39 is 6.61 Å². The van der Waals surface area contributed by atoms with Crippen molar-refractivity contribution < 1.29 is 23.1 Å². The number of para-hydroxylation sites is 1. The highest BCUT2D eigenvalue weighted by molar-refractivity contribution is 5.97. The van der Waals surface area contributed by atoms with Crippen LogP contribution in [0.25, 0.3) is 0 Å². The van der Waals surface area contributed by atoms with Crippen LogP contribution in [0.3, 0.4) is 0 Å². The minimum absolute atomic E-state index is 0. The number of rotatable bonds is 4. The zero-order valence-electron chi connectivity index (χ0n) is 14.2. The number of benzene rings is 1. The molecule has 26 heavy (non-hydrogen) atoms. The normalized spacial score (nSPS) is 20.0. The Morgan fingerprint density at radius 2 is 1.77 bits per heavy atom. The van der Waals surface area contributed by atoms with E-state index in [0.717, 1.165) is 19.4 Å². The summed E-state index contributed by atoms with van der Waals surface area (Å²) in [5.41, 5.74) is 0.111. The number of carbonyl (C=O) groups is 2. The summed E-state index contributed by atoms with van der Waals surface area (Å²) in [7, 11) is 0. The van der Waals surface area contributed by atoms with Crippen LogP contribution in [0.15, 0.2) is 24.3 Å². The number of hydrogen-bond donors (Lipinski definition) is 1. The van der Waals surface area contributed by atoms with Crippen molar-refractivity contribution in [2.45, 2.75) is 25.5 Å². The fourth-order valence-corrected chi connectivity index (χ4v) is 3.26. The number of amides is 2. The highest BCUT2D eigenvalue weighted by atomic mass is 35.5. The van der Waals surface area contributed by atoms with Gasteiger partial charge in [-0.2, -0.15) is 8.78 Å². The number of nitrogens with zero attached hydrogens (tertiary/aromatic N) is 2. The average Bonchev–Trinajstić information content (AvgIpc) is 3.15. The van der Waals surface area contributed by atoms with Gasteiger partial charge in [-0.1, -0.05) is 12.1 Å². The molecule has 0 saturated carbocycles. The molecule has 0 aliphatic carbocycles. The van der Waals surface area contributed by atoms with Crippen LogP contribution in [0.1, 0.15) is 23.2 Å². The summed E-state index contributed by atoms with van der Waals surface area (Å²) in [5, 5.41) is 3.18. The van der Waals surface area contributed by atoms with Crippen LogP contribution in [-0.2, 0) is 4.79 Å². The molecule has 2 saturated heterocycles. The van der Waals surface area contributed by atoms with Gasteiger partial charge in [0.25, 0.3) is 5.91 Å². The summed E-state index contributed by atoms with van der Waals surface area (Å²) in [4.78, 5) is 28.3. The molecule has 2 aliphatic heterocycles. The summed E-state index contributed by atoms with van der Waals surface area (Å²) < 4.78 is 29.4. The van der Waals surface area contributed by atoms with E-state index in [1.54, 1.807) is 21.9 Å². The number of ether oxygens (including phenoxy) is 1. The first-order chi connectivity index (χ1) is 12.1. The molecule has 2 fully saturated rings. The minimum Gasteiger partial charge on any atom is -0.434 e. The second-order valence-electron chi connectivity index (χ2n) is 6.14. The van der Waals surface area contributed by atoms with Crippen LogP contribution in [0, 0.1) is 0 Å². The maximum absolute atomic E-state index is 12.6. The van der Waals surface area contributed by atoms with Gasteiger partial charge in [-0.3, -0.25) is 9.59 Å². The van der Waals surface area contributed by atoms with Gasteiger partial charge in [0.05, 0.1) is 11.6 Å². The second kappa shape index (κ2) is 9.14. The topological polar surface area (TPSA) is 61.9 Å². The van der Waals surface area contributed by atoms with Crippen LogP contribution in [0.4, 0.5) is 8.78 Å². The third-order valence-corrected chi connectivity index (χ3v) is 4.57. The molecule has 1 aromatic carbocycles. The van der Waals surface area contributed by atoms with E-state index >= 15 is 0 Å². The molecule has 0 spiro atoms. The molecule has 6 nitrogen and oxygen atoms in total. The minimum atomic E-state index is -2.98. The van der Waals surface area contributed by atoms with Gasteiger partial charge in [0.1, 0.15) is 5.75 Å². The van der Waals surface area contributed by atoms with Crippen molar-refractivity contribution >= 4 is 24.2 Å². The lowest BCUT2D eigenvalue weighted by atomic mass is 10.1. The lowest BCUT2D eigenvalue weighted by Gasteiger charge is -2.36. The summed E-state index contributed by atoms with van der Waals surface area (Å²) in [6.07, 6.45) is 1.84. The SMILES string of the molecule is Cl.O=C(c1ccccc1OC(F)F)N1CCN(C(=O)C2CCCN2)CC1. The molecule has 3 rings (SSSR count). The fraction of sp³-hybridized carbons (Fsp3) is 0.529. The predicted octanol–water partition coefficient (Wildman–Crippen LogP) is 1.75. The Morgan fingerprint density at radius 3 is 2.38 bits per heavy atom. The van der Waals surface area contributed by atoms with E-state index in [1.807, 2.05) is 0 Å². The highest BCUT2D eigenvalue weighted by Gasteiger charge is 2.31. The van der Waals surface area contributed by atoms with Crippen molar-refractivity contribution in [3.05, 3.63) is 29.8 Å². The monoisotopic (exact) mass is 389 g/mol. The molecular formula is C17H22ClF2N3O3. The van der Waals surface area contributed by atoms with Crippen molar-refractivity contribution in [3.8, 4) is 5.75 Å². The number of hydrogen-bond acceptors (Lipinski definition) is 4. The molecule has 2 amide bonds. The second-order valence-corrected chi connectivity index (χ2v) is 6.14. The van der Waals surface area contributed by atoms with Crippen LogP contribution < -0.4 is 10.1 Å². The molecule has 2 aliphatic rings. The first-order valence-corrected chi connectivity index (χ1v) is 8.41. The van der Waals surface area contributed by atoms with E-state index in [2.05, 4.69) is 10.1 Å². The Labute approximate surface area is 156 Å². The predicted molar refractivity (Wildman–Crippen MR) is 93.8 cm³/mol. The number of halogens is 3. The smallest absolute Gasteiger partial charge is 0.387 e. The van der Waals surface area contributed by atoms with Crippen molar-refractivity contribution in [1.29, 1.82) is 0 Å². The standard InChI is InChI=1S/C17H21F2N3O3.ClH/c18-17(19)25-14-6-2-1-4-12(14)15(23)21-8-10-22(11-9-21)16(24)13-5-3-7-20-13;/h1-2,4,6,13,17,20H,3,5,7-11H2;1H. The van der Waals surface area contributed by atoms with Gasteiger partial charge in [-0.15, -0.1) is 12.4 Å². The van der Waals surface area contributed by atoms with E-state index in [9.17, 15) is 18.4 Å². The maximum Gasteiger partial charge on any atom is 0.387 e. The van der Waals surface area contributed by atoms with Crippen molar-refractivity contribution in [2.24, 2.45) is 0 Å². The summed E-state index contributed by atoms with van der Waals surface area (Å²) in [5.74, 6) is -0.412. The number of carbonyl (C=O) groups excluding carboxylic acids is 2. The summed E-state index contributed by atoms with van der Waals surface area (Å²) >= 11 is 0. The lowest BCUT2D eigenvalue weighted by Crippen LogP contribution is -2.54. The molecule has 0 aromatic heterocycles. The fourth-order valence-electron chi connectivity index (χ4n) is 3.26. The molecule has 0 radical (unpaired) electrons. The Bertz CT molecular complexity index is 633. The van der Waals surface area contributed by atoms with Gasteiger partial charge < -0.3 is 19.9 Å². The van der Waals surface area contributed by atoms with E-state index in [0.29, 0.717) is 26.2 Å². The van der Waals surface area contributed by atoms with Gasteiger partial charge in [0.2, 0.25) is 5.91 Å².